The zero-order valence-corrected chi connectivity index (χ0v) is 10.7. The largest absolute Gasteiger partial charge is 0.477 e. The number of pyridine rings is 1. The van der Waals surface area contributed by atoms with E-state index in [9.17, 15) is 9.59 Å². The minimum Gasteiger partial charge on any atom is -0.477 e. The highest BCUT2D eigenvalue weighted by Crippen LogP contribution is 2.21. The molecule has 1 aromatic heterocycles. The molecular formula is C13H12ClNO3. The molecule has 0 amide bonds. The first-order chi connectivity index (χ1) is 8.41. The fourth-order valence-corrected chi connectivity index (χ4v) is 2.21. The van der Waals surface area contributed by atoms with Gasteiger partial charge in [-0.1, -0.05) is 11.6 Å². The summed E-state index contributed by atoms with van der Waals surface area (Å²) in [6, 6.07) is 5.95. The van der Waals surface area contributed by atoms with E-state index in [1.54, 1.807) is 22.8 Å². The van der Waals surface area contributed by atoms with Gasteiger partial charge in [0.2, 0.25) is 0 Å². The minimum absolute atomic E-state index is 0.00942. The van der Waals surface area contributed by atoms with Gasteiger partial charge in [-0.25, -0.2) is 4.79 Å². The molecule has 4 nitrogen and oxygen atoms in total. The van der Waals surface area contributed by atoms with Gasteiger partial charge in [0, 0.05) is 22.5 Å². The number of hydrogen-bond acceptors (Lipinski definition) is 2. The van der Waals surface area contributed by atoms with Gasteiger partial charge in [0.15, 0.2) is 5.43 Å². The smallest absolute Gasteiger partial charge is 0.352 e. The van der Waals surface area contributed by atoms with Crippen molar-refractivity contribution >= 4 is 28.5 Å². The standard InChI is InChI=1S/C13H12ClNO3/c1-7(2)15-10-4-3-8(14)5-9(10)12(16)6-11(15)13(17)18/h3-7H,1-2H3,(H,17,18). The van der Waals surface area contributed by atoms with Gasteiger partial charge in [0.05, 0.1) is 5.52 Å². The van der Waals surface area contributed by atoms with Crippen molar-refractivity contribution in [3.63, 3.8) is 0 Å². The number of carbonyl (C=O) groups is 1. The number of rotatable bonds is 2. The Balaban J connectivity index is 2.99. The van der Waals surface area contributed by atoms with Crippen LogP contribution >= 0.6 is 11.6 Å². The Morgan fingerprint density at radius 2 is 2.00 bits per heavy atom. The zero-order chi connectivity index (χ0) is 13.4. The molecule has 0 saturated carbocycles. The molecule has 1 aromatic carbocycles. The van der Waals surface area contributed by atoms with E-state index in [0.29, 0.717) is 15.9 Å². The molecule has 94 valence electrons. The number of aromatic carboxylic acids is 1. The summed E-state index contributed by atoms with van der Waals surface area (Å²) in [6.07, 6.45) is 0. The molecule has 0 radical (unpaired) electrons. The van der Waals surface area contributed by atoms with Crippen LogP contribution in [0.1, 0.15) is 30.4 Å². The van der Waals surface area contributed by atoms with Gasteiger partial charge in [0.1, 0.15) is 5.69 Å². The Hall–Kier alpha value is -1.81. The third kappa shape index (κ3) is 1.99. The number of aromatic nitrogens is 1. The van der Waals surface area contributed by atoms with Crippen LogP contribution in [0.2, 0.25) is 5.02 Å². The molecule has 0 unspecified atom stereocenters. The summed E-state index contributed by atoms with van der Waals surface area (Å²) in [7, 11) is 0. The summed E-state index contributed by atoms with van der Waals surface area (Å²) in [4.78, 5) is 23.1. The summed E-state index contributed by atoms with van der Waals surface area (Å²) in [6.45, 7) is 3.73. The Kier molecular flexibility index (Phi) is 3.13. The maximum absolute atomic E-state index is 11.9. The molecule has 2 aromatic rings. The Bertz CT molecular complexity index is 688. The van der Waals surface area contributed by atoms with E-state index in [4.69, 9.17) is 16.7 Å². The molecule has 0 aliphatic heterocycles. The van der Waals surface area contributed by atoms with E-state index >= 15 is 0 Å². The number of fused-ring (bicyclic) bond motifs is 1. The molecule has 0 aliphatic rings. The van der Waals surface area contributed by atoms with Crippen LogP contribution in [-0.4, -0.2) is 15.6 Å². The number of hydrogen-bond donors (Lipinski definition) is 1. The molecule has 0 spiro atoms. The highest BCUT2D eigenvalue weighted by molar-refractivity contribution is 6.31. The first-order valence-electron chi connectivity index (χ1n) is 5.50. The molecule has 18 heavy (non-hydrogen) atoms. The van der Waals surface area contributed by atoms with Crippen LogP contribution in [0.3, 0.4) is 0 Å². The molecule has 5 heteroatoms. The van der Waals surface area contributed by atoms with Crippen LogP contribution in [-0.2, 0) is 0 Å². The topological polar surface area (TPSA) is 59.3 Å². The highest BCUT2D eigenvalue weighted by atomic mass is 35.5. The van der Waals surface area contributed by atoms with Crippen molar-refractivity contribution in [1.82, 2.24) is 4.57 Å². The first-order valence-corrected chi connectivity index (χ1v) is 5.87. The van der Waals surface area contributed by atoms with Crippen molar-refractivity contribution < 1.29 is 9.90 Å². The van der Waals surface area contributed by atoms with Gasteiger partial charge in [0.25, 0.3) is 0 Å². The third-order valence-electron chi connectivity index (χ3n) is 2.75. The molecule has 0 saturated heterocycles. The molecular weight excluding hydrogens is 254 g/mol. The molecule has 2 rings (SSSR count). The fourth-order valence-electron chi connectivity index (χ4n) is 2.04. The lowest BCUT2D eigenvalue weighted by Crippen LogP contribution is -2.19. The second-order valence-electron chi connectivity index (χ2n) is 4.32. The number of benzene rings is 1. The van der Waals surface area contributed by atoms with E-state index in [-0.39, 0.29) is 17.2 Å². The third-order valence-corrected chi connectivity index (χ3v) is 2.98. The monoisotopic (exact) mass is 265 g/mol. The molecule has 0 aliphatic carbocycles. The normalized spacial score (nSPS) is 11.1. The number of halogens is 1. The number of nitrogens with zero attached hydrogens (tertiary/aromatic N) is 1. The number of carboxylic acids is 1. The Morgan fingerprint density at radius 3 is 2.56 bits per heavy atom. The van der Waals surface area contributed by atoms with Gasteiger partial charge < -0.3 is 9.67 Å². The van der Waals surface area contributed by atoms with Crippen molar-refractivity contribution in [2.24, 2.45) is 0 Å². The fraction of sp³-hybridized carbons (Fsp3) is 0.231. The second-order valence-corrected chi connectivity index (χ2v) is 4.76. The lowest BCUT2D eigenvalue weighted by molar-refractivity contribution is 0.0683. The van der Waals surface area contributed by atoms with Crippen molar-refractivity contribution in [2.75, 3.05) is 0 Å². The average Bonchev–Trinajstić information content (AvgIpc) is 2.28. The average molecular weight is 266 g/mol. The molecule has 0 fully saturated rings. The maximum atomic E-state index is 11.9. The maximum Gasteiger partial charge on any atom is 0.352 e. The van der Waals surface area contributed by atoms with Crippen molar-refractivity contribution in [2.45, 2.75) is 19.9 Å². The molecule has 0 atom stereocenters. The Morgan fingerprint density at radius 1 is 1.33 bits per heavy atom. The van der Waals surface area contributed by atoms with E-state index in [1.165, 1.54) is 0 Å². The highest BCUT2D eigenvalue weighted by Gasteiger charge is 2.16. The predicted octanol–water partition coefficient (Wildman–Crippen LogP) is 2.93. The summed E-state index contributed by atoms with van der Waals surface area (Å²) >= 11 is 5.86. The first kappa shape index (κ1) is 12.6. The van der Waals surface area contributed by atoms with E-state index < -0.39 is 5.97 Å². The quantitative estimate of drug-likeness (QED) is 0.908. The molecule has 1 heterocycles. The molecule has 1 N–H and O–H groups in total. The van der Waals surface area contributed by atoms with Crippen LogP contribution in [0, 0.1) is 0 Å². The lowest BCUT2D eigenvalue weighted by atomic mass is 10.1. The second kappa shape index (κ2) is 4.46. The summed E-state index contributed by atoms with van der Waals surface area (Å²) in [5.74, 6) is -1.11. The van der Waals surface area contributed by atoms with Crippen molar-refractivity contribution in [3.8, 4) is 0 Å². The van der Waals surface area contributed by atoms with Gasteiger partial charge in [-0.15, -0.1) is 0 Å². The van der Waals surface area contributed by atoms with Gasteiger partial charge >= 0.3 is 5.97 Å². The SMILES string of the molecule is CC(C)n1c(C(=O)O)cc(=O)c2cc(Cl)ccc21. The van der Waals surface area contributed by atoms with Crippen LogP contribution < -0.4 is 5.43 Å². The van der Waals surface area contributed by atoms with Gasteiger partial charge in [-0.2, -0.15) is 0 Å². The van der Waals surface area contributed by atoms with Crippen molar-refractivity contribution in [1.29, 1.82) is 0 Å². The van der Waals surface area contributed by atoms with Crippen molar-refractivity contribution in [3.05, 3.63) is 45.2 Å². The van der Waals surface area contributed by atoms with Crippen LogP contribution in [0.4, 0.5) is 0 Å². The van der Waals surface area contributed by atoms with Crippen LogP contribution in [0.25, 0.3) is 10.9 Å². The van der Waals surface area contributed by atoms with Crippen LogP contribution in [0.15, 0.2) is 29.1 Å². The lowest BCUT2D eigenvalue weighted by Gasteiger charge is -2.18. The van der Waals surface area contributed by atoms with E-state index in [1.807, 2.05) is 13.8 Å². The Labute approximate surface area is 108 Å². The van der Waals surface area contributed by atoms with Gasteiger partial charge in [-0.05, 0) is 32.0 Å². The molecule has 0 bridgehead atoms. The summed E-state index contributed by atoms with van der Waals surface area (Å²) in [5.41, 5.74) is 0.242. The van der Waals surface area contributed by atoms with E-state index in [0.717, 1.165) is 6.07 Å². The summed E-state index contributed by atoms with van der Waals surface area (Å²) in [5, 5.41) is 10.1. The predicted molar refractivity (Wildman–Crippen MR) is 70.6 cm³/mol. The van der Waals surface area contributed by atoms with Crippen LogP contribution in [0.5, 0.6) is 0 Å². The van der Waals surface area contributed by atoms with E-state index in [2.05, 4.69) is 0 Å². The minimum atomic E-state index is -1.11. The zero-order valence-electron chi connectivity index (χ0n) is 9.98. The number of carboxylic acid groups (broad SMARTS) is 1. The van der Waals surface area contributed by atoms with Gasteiger partial charge in [-0.3, -0.25) is 4.79 Å². The summed E-state index contributed by atoms with van der Waals surface area (Å²) < 4.78 is 1.62.